The molecule has 6 heteroatoms. The maximum absolute atomic E-state index is 13.8. The van der Waals surface area contributed by atoms with Gasteiger partial charge in [0.1, 0.15) is 0 Å². The number of phenols is 1. The molecule has 3 aromatic carbocycles. The minimum absolute atomic E-state index is 0.0869. The SMILES string of the molecule is CCOc1cc(C2C3=C(CC(c4ccc(C)cc4)CC3=O)Nc3nc4ccccc4n32)ccc1O. The Morgan fingerprint density at radius 1 is 1.06 bits per heavy atom. The average molecular weight is 466 g/mol. The van der Waals surface area contributed by atoms with E-state index >= 15 is 0 Å². The summed E-state index contributed by atoms with van der Waals surface area (Å²) in [5, 5.41) is 13.8. The second-order valence-electron chi connectivity index (χ2n) is 9.31. The van der Waals surface area contributed by atoms with Gasteiger partial charge in [-0.2, -0.15) is 0 Å². The number of hydrogen-bond donors (Lipinski definition) is 2. The molecule has 0 bridgehead atoms. The summed E-state index contributed by atoms with van der Waals surface area (Å²) in [5.74, 6) is 1.47. The first-order chi connectivity index (χ1) is 17.0. The number of carbonyl (C=O) groups excluding carboxylic acids is 1. The van der Waals surface area contributed by atoms with Crippen molar-refractivity contribution in [2.24, 2.45) is 0 Å². The number of aryl methyl sites for hydroxylation is 1. The molecule has 0 amide bonds. The monoisotopic (exact) mass is 465 g/mol. The summed E-state index contributed by atoms with van der Waals surface area (Å²) in [5.41, 5.74) is 6.76. The molecular weight excluding hydrogens is 438 g/mol. The number of fused-ring (bicyclic) bond motifs is 3. The first kappa shape index (κ1) is 21.5. The van der Waals surface area contributed by atoms with Crippen molar-refractivity contribution < 1.29 is 14.6 Å². The van der Waals surface area contributed by atoms with Crippen LogP contribution in [0, 0.1) is 6.92 Å². The van der Waals surface area contributed by atoms with Crippen LogP contribution in [0.1, 0.15) is 48.4 Å². The Hall–Kier alpha value is -4.06. The molecule has 0 saturated heterocycles. The van der Waals surface area contributed by atoms with Crippen molar-refractivity contribution in [2.45, 2.75) is 38.6 Å². The van der Waals surface area contributed by atoms with Crippen molar-refractivity contribution in [3.8, 4) is 11.5 Å². The number of para-hydroxylation sites is 2. The number of aromatic nitrogens is 2. The molecule has 176 valence electrons. The number of carbonyl (C=O) groups is 1. The molecule has 0 fully saturated rings. The van der Waals surface area contributed by atoms with E-state index < -0.39 is 0 Å². The molecule has 1 aromatic heterocycles. The van der Waals surface area contributed by atoms with Gasteiger partial charge in [-0.3, -0.25) is 9.36 Å². The highest BCUT2D eigenvalue weighted by Gasteiger charge is 2.39. The van der Waals surface area contributed by atoms with Crippen LogP contribution >= 0.6 is 0 Å². The second-order valence-corrected chi connectivity index (χ2v) is 9.31. The first-order valence-corrected chi connectivity index (χ1v) is 12.1. The predicted octanol–water partition coefficient (Wildman–Crippen LogP) is 5.86. The molecule has 1 aliphatic heterocycles. The number of phenolic OH excluding ortho intramolecular Hbond substituents is 1. The highest BCUT2D eigenvalue weighted by molar-refractivity contribution is 6.01. The maximum Gasteiger partial charge on any atom is 0.209 e. The summed E-state index contributed by atoms with van der Waals surface area (Å²) in [6.07, 6.45) is 1.19. The number of aromatic hydroxyl groups is 1. The van der Waals surface area contributed by atoms with Gasteiger partial charge >= 0.3 is 0 Å². The number of imidazole rings is 1. The number of hydrogen-bond acceptors (Lipinski definition) is 5. The average Bonchev–Trinajstić information content (AvgIpc) is 3.23. The molecule has 2 aliphatic rings. The lowest BCUT2D eigenvalue weighted by molar-refractivity contribution is -0.116. The number of rotatable bonds is 4. The van der Waals surface area contributed by atoms with Gasteiger partial charge in [-0.1, -0.05) is 48.0 Å². The highest BCUT2D eigenvalue weighted by Crippen LogP contribution is 2.47. The van der Waals surface area contributed by atoms with Crippen molar-refractivity contribution >= 4 is 22.8 Å². The Labute approximate surface area is 203 Å². The van der Waals surface area contributed by atoms with Crippen LogP contribution in [0.4, 0.5) is 5.95 Å². The number of ether oxygens (including phenoxy) is 1. The van der Waals surface area contributed by atoms with Crippen LogP contribution in [0.15, 0.2) is 78.0 Å². The summed E-state index contributed by atoms with van der Waals surface area (Å²) in [4.78, 5) is 18.7. The topological polar surface area (TPSA) is 76.4 Å². The standard InChI is InChI=1S/C29H27N3O3/c1-3-35-26-16-19(12-13-24(26)33)28-27-22(31-29-30-21-6-4-5-7-23(21)32(28)29)14-20(15-25(27)34)18-10-8-17(2)9-11-18/h4-13,16,20,28,33H,3,14-15H2,1-2H3,(H,30,31). The zero-order valence-electron chi connectivity index (χ0n) is 19.8. The predicted molar refractivity (Wildman–Crippen MR) is 136 cm³/mol. The van der Waals surface area contributed by atoms with Crippen molar-refractivity contribution in [2.75, 3.05) is 11.9 Å². The fourth-order valence-corrected chi connectivity index (χ4v) is 5.39. The Kier molecular flexibility index (Phi) is 5.10. The molecular formula is C29H27N3O3. The van der Waals surface area contributed by atoms with E-state index in [4.69, 9.17) is 9.72 Å². The zero-order chi connectivity index (χ0) is 24.1. The third-order valence-corrected chi connectivity index (χ3v) is 7.05. The van der Waals surface area contributed by atoms with Crippen LogP contribution in [0.25, 0.3) is 11.0 Å². The summed E-state index contributed by atoms with van der Waals surface area (Å²) in [7, 11) is 0. The highest BCUT2D eigenvalue weighted by atomic mass is 16.5. The molecule has 2 unspecified atom stereocenters. The van der Waals surface area contributed by atoms with Crippen LogP contribution in [-0.4, -0.2) is 27.0 Å². The van der Waals surface area contributed by atoms with E-state index in [1.165, 1.54) is 11.1 Å². The summed E-state index contributed by atoms with van der Waals surface area (Å²) < 4.78 is 7.78. The van der Waals surface area contributed by atoms with Crippen LogP contribution in [0.5, 0.6) is 11.5 Å². The van der Waals surface area contributed by atoms with Gasteiger partial charge in [-0.05, 0) is 61.6 Å². The maximum atomic E-state index is 13.8. The lowest BCUT2D eigenvalue weighted by Crippen LogP contribution is -2.33. The summed E-state index contributed by atoms with van der Waals surface area (Å²) in [6.45, 7) is 4.39. The smallest absolute Gasteiger partial charge is 0.209 e. The molecule has 6 rings (SSSR count). The molecule has 4 aromatic rings. The van der Waals surface area contributed by atoms with Crippen molar-refractivity contribution in [3.05, 3.63) is 94.7 Å². The zero-order valence-corrected chi connectivity index (χ0v) is 19.8. The Morgan fingerprint density at radius 2 is 1.83 bits per heavy atom. The number of Topliss-reactive ketones (excluding diaryl/α,β-unsaturated/α-hetero) is 1. The Balaban J connectivity index is 1.52. The van der Waals surface area contributed by atoms with Crippen molar-refractivity contribution in [1.29, 1.82) is 0 Å². The van der Waals surface area contributed by atoms with Crippen molar-refractivity contribution in [3.63, 3.8) is 0 Å². The minimum Gasteiger partial charge on any atom is -0.504 e. The minimum atomic E-state index is -0.361. The van der Waals surface area contributed by atoms with Gasteiger partial charge in [-0.25, -0.2) is 4.98 Å². The summed E-state index contributed by atoms with van der Waals surface area (Å²) in [6, 6.07) is 21.4. The first-order valence-electron chi connectivity index (χ1n) is 12.1. The molecule has 2 N–H and O–H groups in total. The van der Waals surface area contributed by atoms with Crippen LogP contribution < -0.4 is 10.1 Å². The number of nitrogens with one attached hydrogen (secondary N) is 1. The molecule has 35 heavy (non-hydrogen) atoms. The molecule has 0 saturated carbocycles. The van der Waals surface area contributed by atoms with E-state index in [0.717, 1.165) is 40.2 Å². The van der Waals surface area contributed by atoms with E-state index in [9.17, 15) is 9.90 Å². The molecule has 2 atom stereocenters. The van der Waals surface area contributed by atoms with Crippen molar-refractivity contribution in [1.82, 2.24) is 9.55 Å². The number of allylic oxidation sites excluding steroid dienone is 2. The molecule has 1 aliphatic carbocycles. The van der Waals surface area contributed by atoms with Gasteiger partial charge in [0.25, 0.3) is 0 Å². The Bertz CT molecular complexity index is 1480. The Morgan fingerprint density at radius 3 is 2.63 bits per heavy atom. The lowest BCUT2D eigenvalue weighted by Gasteiger charge is -2.36. The lowest BCUT2D eigenvalue weighted by atomic mass is 9.77. The van der Waals surface area contributed by atoms with E-state index in [0.29, 0.717) is 18.8 Å². The molecule has 2 heterocycles. The molecule has 0 radical (unpaired) electrons. The second kappa shape index (κ2) is 8.31. The fourth-order valence-electron chi connectivity index (χ4n) is 5.39. The third-order valence-electron chi connectivity index (χ3n) is 7.05. The van der Waals surface area contributed by atoms with E-state index in [2.05, 4.69) is 41.1 Å². The van der Waals surface area contributed by atoms with Gasteiger partial charge < -0.3 is 15.2 Å². The van der Waals surface area contributed by atoms with Gasteiger partial charge in [0, 0.05) is 17.7 Å². The number of nitrogens with zero attached hydrogens (tertiary/aromatic N) is 2. The number of benzene rings is 3. The number of anilines is 1. The van der Waals surface area contributed by atoms with Crippen LogP contribution in [-0.2, 0) is 4.79 Å². The van der Waals surface area contributed by atoms with E-state index in [1.54, 1.807) is 6.07 Å². The fraction of sp³-hybridized carbons (Fsp3) is 0.241. The normalized spacial score (nSPS) is 19.3. The number of ketones is 1. The van der Waals surface area contributed by atoms with Gasteiger partial charge in [0.2, 0.25) is 5.95 Å². The molecule has 6 nitrogen and oxygen atoms in total. The van der Waals surface area contributed by atoms with Gasteiger partial charge in [0.15, 0.2) is 17.3 Å². The van der Waals surface area contributed by atoms with E-state index in [-0.39, 0.29) is 23.5 Å². The largest absolute Gasteiger partial charge is 0.504 e. The van der Waals surface area contributed by atoms with E-state index in [1.807, 2.05) is 43.3 Å². The quantitative estimate of drug-likeness (QED) is 0.395. The third kappa shape index (κ3) is 3.57. The molecule has 0 spiro atoms. The van der Waals surface area contributed by atoms with Crippen LogP contribution in [0.2, 0.25) is 0 Å². The van der Waals surface area contributed by atoms with Crippen LogP contribution in [0.3, 0.4) is 0 Å². The summed E-state index contributed by atoms with van der Waals surface area (Å²) >= 11 is 0. The van der Waals surface area contributed by atoms with Gasteiger partial charge in [0.05, 0.1) is 23.7 Å². The van der Waals surface area contributed by atoms with Gasteiger partial charge in [-0.15, -0.1) is 0 Å².